The number of rotatable bonds is 6. The molecule has 1 fully saturated rings. The van der Waals surface area contributed by atoms with Crippen molar-refractivity contribution in [2.75, 3.05) is 11.9 Å². The number of furan rings is 1. The van der Waals surface area contributed by atoms with Crippen LogP contribution in [0.25, 0.3) is 17.4 Å². The number of aromatic carboxylic acids is 1. The molecule has 4 amide bonds. The second kappa shape index (κ2) is 8.83. The smallest absolute Gasteiger partial charge is 0.329 e. The third-order valence-corrected chi connectivity index (χ3v) is 4.88. The number of carboxylic acid groups (broad SMARTS) is 1. The molecule has 0 spiro atoms. The number of anilines is 1. The van der Waals surface area contributed by atoms with Crippen LogP contribution in [0.15, 0.2) is 70.8 Å². The minimum atomic E-state index is -1.28. The standard InChI is InChI=1S/C24H19N3O6/c1-14-3-2-4-17(11-14)25-21(28)13-27-22(29)19(26-24(27)32)12-18-9-10-20(33-18)15-5-7-16(8-6-15)23(30)31/h2-12H,13H2,1H3,(H,25,28)(H,26,32)(H,30,31)/p-1. The van der Waals surface area contributed by atoms with Gasteiger partial charge in [-0.25, -0.2) is 9.69 Å². The van der Waals surface area contributed by atoms with Crippen LogP contribution in [0, 0.1) is 6.92 Å². The molecule has 0 bridgehead atoms. The lowest BCUT2D eigenvalue weighted by molar-refractivity contribution is -0.255. The number of imide groups is 1. The molecule has 1 saturated heterocycles. The summed E-state index contributed by atoms with van der Waals surface area (Å²) in [5.41, 5.74) is 2.16. The van der Waals surface area contributed by atoms with Crippen molar-refractivity contribution >= 4 is 35.6 Å². The Morgan fingerprint density at radius 1 is 1.09 bits per heavy atom. The maximum absolute atomic E-state index is 12.6. The van der Waals surface area contributed by atoms with Crippen LogP contribution < -0.4 is 15.7 Å². The van der Waals surface area contributed by atoms with Crippen molar-refractivity contribution in [3.63, 3.8) is 0 Å². The zero-order valence-corrected chi connectivity index (χ0v) is 17.5. The molecular formula is C24H18N3O6-. The van der Waals surface area contributed by atoms with Crippen molar-refractivity contribution < 1.29 is 28.7 Å². The highest BCUT2D eigenvalue weighted by atomic mass is 16.4. The molecule has 0 unspecified atom stereocenters. The number of carbonyl (C=O) groups is 4. The van der Waals surface area contributed by atoms with Gasteiger partial charge in [-0.2, -0.15) is 0 Å². The monoisotopic (exact) mass is 444 g/mol. The Bertz CT molecular complexity index is 1290. The van der Waals surface area contributed by atoms with Gasteiger partial charge in [0.2, 0.25) is 5.91 Å². The maximum atomic E-state index is 12.6. The molecule has 166 valence electrons. The van der Waals surface area contributed by atoms with E-state index in [0.29, 0.717) is 22.8 Å². The average Bonchev–Trinajstić information content (AvgIpc) is 3.34. The Morgan fingerprint density at radius 2 is 1.85 bits per heavy atom. The molecule has 0 saturated carbocycles. The fraction of sp³-hybridized carbons (Fsp3) is 0.0833. The van der Waals surface area contributed by atoms with Gasteiger partial charge in [-0.15, -0.1) is 0 Å². The quantitative estimate of drug-likeness (QED) is 0.442. The van der Waals surface area contributed by atoms with Gasteiger partial charge in [-0.05, 0) is 42.3 Å². The third kappa shape index (κ3) is 4.82. The summed E-state index contributed by atoms with van der Waals surface area (Å²) in [6, 6.07) is 15.6. The van der Waals surface area contributed by atoms with Crippen LogP contribution >= 0.6 is 0 Å². The average molecular weight is 444 g/mol. The second-order valence-corrected chi connectivity index (χ2v) is 7.36. The number of hydrogen-bond donors (Lipinski definition) is 2. The summed E-state index contributed by atoms with van der Waals surface area (Å²) in [4.78, 5) is 48.8. The number of carboxylic acids is 1. The first-order chi connectivity index (χ1) is 15.8. The van der Waals surface area contributed by atoms with E-state index in [4.69, 9.17) is 4.42 Å². The van der Waals surface area contributed by atoms with E-state index < -0.39 is 30.4 Å². The second-order valence-electron chi connectivity index (χ2n) is 7.36. The van der Waals surface area contributed by atoms with Gasteiger partial charge in [0, 0.05) is 17.3 Å². The number of carbonyl (C=O) groups excluding carboxylic acids is 4. The minimum Gasteiger partial charge on any atom is -0.545 e. The molecule has 33 heavy (non-hydrogen) atoms. The number of nitrogens with zero attached hydrogens (tertiary/aromatic N) is 1. The zero-order valence-electron chi connectivity index (χ0n) is 17.5. The number of nitrogens with one attached hydrogen (secondary N) is 2. The third-order valence-electron chi connectivity index (χ3n) is 4.88. The Balaban J connectivity index is 1.44. The summed E-state index contributed by atoms with van der Waals surface area (Å²) in [5.74, 6) is -1.71. The molecule has 9 heteroatoms. The lowest BCUT2D eigenvalue weighted by Crippen LogP contribution is -2.38. The molecule has 2 aromatic carbocycles. The van der Waals surface area contributed by atoms with Gasteiger partial charge in [-0.3, -0.25) is 9.59 Å². The molecule has 2 heterocycles. The summed E-state index contributed by atoms with van der Waals surface area (Å²) < 4.78 is 5.68. The highest BCUT2D eigenvalue weighted by Gasteiger charge is 2.35. The van der Waals surface area contributed by atoms with Gasteiger partial charge in [-0.1, -0.05) is 36.4 Å². The fourth-order valence-electron chi connectivity index (χ4n) is 3.28. The van der Waals surface area contributed by atoms with Crippen molar-refractivity contribution in [3.05, 3.63) is 83.2 Å². The van der Waals surface area contributed by atoms with E-state index in [1.807, 2.05) is 13.0 Å². The molecule has 1 aliphatic heterocycles. The van der Waals surface area contributed by atoms with Gasteiger partial charge < -0.3 is 25.0 Å². The first kappa shape index (κ1) is 21.6. The van der Waals surface area contributed by atoms with Gasteiger partial charge in [0.15, 0.2) is 0 Å². The van der Waals surface area contributed by atoms with Gasteiger partial charge in [0.1, 0.15) is 23.8 Å². The van der Waals surface area contributed by atoms with Crippen molar-refractivity contribution in [1.29, 1.82) is 0 Å². The first-order valence-corrected chi connectivity index (χ1v) is 9.93. The largest absolute Gasteiger partial charge is 0.545 e. The summed E-state index contributed by atoms with van der Waals surface area (Å²) >= 11 is 0. The van der Waals surface area contributed by atoms with Crippen molar-refractivity contribution in [1.82, 2.24) is 10.2 Å². The molecule has 2 N–H and O–H groups in total. The summed E-state index contributed by atoms with van der Waals surface area (Å²) in [7, 11) is 0. The molecule has 0 aliphatic carbocycles. The van der Waals surface area contributed by atoms with Crippen LogP contribution in [-0.2, 0) is 9.59 Å². The lowest BCUT2D eigenvalue weighted by atomic mass is 10.1. The van der Waals surface area contributed by atoms with E-state index in [1.165, 1.54) is 18.2 Å². The topological polar surface area (TPSA) is 132 Å². The van der Waals surface area contributed by atoms with Crippen molar-refractivity contribution in [2.45, 2.75) is 6.92 Å². The summed E-state index contributed by atoms with van der Waals surface area (Å²) in [6.07, 6.45) is 1.36. The SMILES string of the molecule is Cc1cccc(NC(=O)CN2C(=O)NC(=Cc3ccc(-c4ccc(C(=O)[O-])cc4)o3)C2=O)c1. The van der Waals surface area contributed by atoms with Gasteiger partial charge in [0.25, 0.3) is 5.91 Å². The zero-order chi connectivity index (χ0) is 23.5. The maximum Gasteiger partial charge on any atom is 0.329 e. The fourth-order valence-corrected chi connectivity index (χ4v) is 3.28. The highest BCUT2D eigenvalue weighted by molar-refractivity contribution is 6.15. The predicted octanol–water partition coefficient (Wildman–Crippen LogP) is 2.15. The summed E-state index contributed by atoms with van der Waals surface area (Å²) in [5, 5.41) is 16.0. The highest BCUT2D eigenvalue weighted by Crippen LogP contribution is 2.24. The number of aryl methyl sites for hydroxylation is 1. The number of hydrogen-bond acceptors (Lipinski definition) is 6. The molecule has 9 nitrogen and oxygen atoms in total. The van der Waals surface area contributed by atoms with Gasteiger partial charge >= 0.3 is 6.03 Å². The Labute approximate surface area is 188 Å². The molecule has 1 aliphatic rings. The number of benzene rings is 2. The van der Waals surface area contributed by atoms with E-state index in [1.54, 1.807) is 42.5 Å². The molecule has 4 rings (SSSR count). The molecule has 0 atom stereocenters. The number of amides is 4. The Hall–Kier alpha value is -4.66. The summed E-state index contributed by atoms with van der Waals surface area (Å²) in [6.45, 7) is 1.44. The minimum absolute atomic E-state index is 0.0310. The normalized spacial score (nSPS) is 14.5. The van der Waals surface area contributed by atoms with Crippen LogP contribution in [0.2, 0.25) is 0 Å². The van der Waals surface area contributed by atoms with Crippen LogP contribution in [-0.4, -0.2) is 35.3 Å². The molecule has 1 aromatic heterocycles. The molecule has 0 radical (unpaired) electrons. The van der Waals surface area contributed by atoms with E-state index in [0.717, 1.165) is 10.5 Å². The molecular weight excluding hydrogens is 426 g/mol. The first-order valence-electron chi connectivity index (χ1n) is 9.93. The Morgan fingerprint density at radius 3 is 2.55 bits per heavy atom. The van der Waals surface area contributed by atoms with Crippen LogP contribution in [0.5, 0.6) is 0 Å². The predicted molar refractivity (Wildman–Crippen MR) is 117 cm³/mol. The van der Waals surface area contributed by atoms with E-state index >= 15 is 0 Å². The Kier molecular flexibility index (Phi) is 5.77. The molecule has 3 aromatic rings. The van der Waals surface area contributed by atoms with E-state index in [2.05, 4.69) is 10.6 Å². The van der Waals surface area contributed by atoms with Gasteiger partial charge in [0.05, 0.1) is 5.97 Å². The van der Waals surface area contributed by atoms with E-state index in [9.17, 15) is 24.3 Å². The van der Waals surface area contributed by atoms with Crippen LogP contribution in [0.3, 0.4) is 0 Å². The van der Waals surface area contributed by atoms with Crippen LogP contribution in [0.1, 0.15) is 21.7 Å². The van der Waals surface area contributed by atoms with E-state index in [-0.39, 0.29) is 11.3 Å². The number of urea groups is 1. The van der Waals surface area contributed by atoms with Crippen molar-refractivity contribution in [2.24, 2.45) is 0 Å². The lowest BCUT2D eigenvalue weighted by Gasteiger charge is -2.12. The van der Waals surface area contributed by atoms with Crippen molar-refractivity contribution in [3.8, 4) is 11.3 Å². The van der Waals surface area contributed by atoms with Crippen LogP contribution in [0.4, 0.5) is 10.5 Å².